The lowest BCUT2D eigenvalue weighted by molar-refractivity contribution is -0.116. The Morgan fingerprint density at radius 1 is 1.09 bits per heavy atom. The summed E-state index contributed by atoms with van der Waals surface area (Å²) < 4.78 is 1.80. The number of carbonyl (C=O) groups excluding carboxylic acids is 1. The molecule has 0 aliphatic heterocycles. The van der Waals surface area contributed by atoms with E-state index in [9.17, 15) is 10.1 Å². The van der Waals surface area contributed by atoms with Gasteiger partial charge in [-0.3, -0.25) is 9.78 Å². The number of carbonyl (C=O) groups is 1. The molecule has 34 heavy (non-hydrogen) atoms. The molecule has 0 saturated heterocycles. The van der Waals surface area contributed by atoms with Gasteiger partial charge in [0.25, 0.3) is 0 Å². The predicted molar refractivity (Wildman–Crippen MR) is 136 cm³/mol. The second-order valence-electron chi connectivity index (χ2n) is 7.40. The third-order valence-electron chi connectivity index (χ3n) is 5.05. The van der Waals surface area contributed by atoms with Crippen LogP contribution in [0.25, 0.3) is 23.0 Å². The number of hydrogen-bond donors (Lipinski definition) is 1. The SMILES string of the molecule is N#Cc1ccccc1CSCCNC(=O)/C=C/c1cn(-c2ccccc2)nc1-c1cccnc1. The van der Waals surface area contributed by atoms with E-state index in [0.717, 1.165) is 39.6 Å². The van der Waals surface area contributed by atoms with Crippen molar-refractivity contribution in [2.45, 2.75) is 5.75 Å². The number of hydrogen-bond acceptors (Lipinski definition) is 5. The number of pyridine rings is 1. The molecule has 0 aliphatic carbocycles. The largest absolute Gasteiger partial charge is 0.352 e. The van der Waals surface area contributed by atoms with Crippen LogP contribution in [0.5, 0.6) is 0 Å². The zero-order valence-corrected chi connectivity index (χ0v) is 19.3. The van der Waals surface area contributed by atoms with Crippen molar-refractivity contribution >= 4 is 23.7 Å². The van der Waals surface area contributed by atoms with Crippen molar-refractivity contribution < 1.29 is 4.79 Å². The van der Waals surface area contributed by atoms with E-state index in [0.29, 0.717) is 12.1 Å². The molecule has 7 heteroatoms. The lowest BCUT2D eigenvalue weighted by Gasteiger charge is -2.04. The Balaban J connectivity index is 1.37. The molecule has 0 fully saturated rings. The highest BCUT2D eigenvalue weighted by atomic mass is 32.2. The fourth-order valence-electron chi connectivity index (χ4n) is 3.36. The summed E-state index contributed by atoms with van der Waals surface area (Å²) in [6, 6.07) is 23.4. The summed E-state index contributed by atoms with van der Waals surface area (Å²) in [6.45, 7) is 0.543. The van der Waals surface area contributed by atoms with Crippen LogP contribution in [0.3, 0.4) is 0 Å². The summed E-state index contributed by atoms with van der Waals surface area (Å²) in [5.74, 6) is 1.33. The normalized spacial score (nSPS) is 10.8. The van der Waals surface area contributed by atoms with Crippen LogP contribution in [0.2, 0.25) is 0 Å². The number of para-hydroxylation sites is 1. The molecule has 4 rings (SSSR count). The number of rotatable bonds is 9. The van der Waals surface area contributed by atoms with Gasteiger partial charge >= 0.3 is 0 Å². The van der Waals surface area contributed by atoms with Crippen LogP contribution in [0, 0.1) is 11.3 Å². The van der Waals surface area contributed by atoms with E-state index >= 15 is 0 Å². The molecule has 2 heterocycles. The van der Waals surface area contributed by atoms with Crippen molar-refractivity contribution in [3.63, 3.8) is 0 Å². The van der Waals surface area contributed by atoms with Gasteiger partial charge in [0.1, 0.15) is 5.69 Å². The van der Waals surface area contributed by atoms with Gasteiger partial charge in [-0.15, -0.1) is 0 Å². The Hall–Kier alpha value is -4.15. The van der Waals surface area contributed by atoms with E-state index in [1.54, 1.807) is 34.9 Å². The van der Waals surface area contributed by atoms with E-state index < -0.39 is 0 Å². The van der Waals surface area contributed by atoms with Crippen molar-refractivity contribution in [3.8, 4) is 23.0 Å². The van der Waals surface area contributed by atoms with Gasteiger partial charge in [-0.05, 0) is 42.0 Å². The van der Waals surface area contributed by atoms with Gasteiger partial charge in [-0.1, -0.05) is 36.4 Å². The smallest absolute Gasteiger partial charge is 0.244 e. The van der Waals surface area contributed by atoms with Crippen molar-refractivity contribution in [3.05, 3.63) is 108 Å². The van der Waals surface area contributed by atoms with Gasteiger partial charge in [0.15, 0.2) is 0 Å². The molecule has 0 atom stereocenters. The third kappa shape index (κ3) is 6.00. The Kier molecular flexibility index (Phi) is 7.88. The Morgan fingerprint density at radius 2 is 1.91 bits per heavy atom. The van der Waals surface area contributed by atoms with E-state index in [1.165, 1.54) is 6.08 Å². The van der Waals surface area contributed by atoms with Gasteiger partial charge in [-0.25, -0.2) is 4.68 Å². The van der Waals surface area contributed by atoms with Crippen LogP contribution in [0.4, 0.5) is 0 Å². The third-order valence-corrected chi connectivity index (χ3v) is 6.06. The van der Waals surface area contributed by atoms with Gasteiger partial charge in [-0.2, -0.15) is 22.1 Å². The highest BCUT2D eigenvalue weighted by molar-refractivity contribution is 7.98. The number of amides is 1. The predicted octanol–water partition coefficient (Wildman–Crippen LogP) is 4.87. The zero-order valence-electron chi connectivity index (χ0n) is 18.5. The number of nitriles is 1. The first-order valence-corrected chi connectivity index (χ1v) is 12.0. The summed E-state index contributed by atoms with van der Waals surface area (Å²) in [7, 11) is 0. The van der Waals surface area contributed by atoms with E-state index in [2.05, 4.69) is 16.4 Å². The number of benzene rings is 2. The van der Waals surface area contributed by atoms with Crippen molar-refractivity contribution in [2.24, 2.45) is 0 Å². The lowest BCUT2D eigenvalue weighted by Crippen LogP contribution is -2.23. The van der Waals surface area contributed by atoms with Crippen LogP contribution < -0.4 is 5.32 Å². The maximum atomic E-state index is 12.4. The molecule has 0 aliphatic rings. The molecule has 4 aromatic rings. The van der Waals surface area contributed by atoms with Gasteiger partial charge in [0, 0.05) is 53.8 Å². The number of aromatic nitrogens is 3. The maximum absolute atomic E-state index is 12.4. The molecule has 0 radical (unpaired) electrons. The summed E-state index contributed by atoms with van der Waals surface area (Å²) in [6.07, 6.45) is 8.69. The average Bonchev–Trinajstić information content (AvgIpc) is 3.33. The van der Waals surface area contributed by atoms with Crippen LogP contribution in [0.15, 0.2) is 91.4 Å². The zero-order chi connectivity index (χ0) is 23.6. The van der Waals surface area contributed by atoms with Gasteiger partial charge in [0.05, 0.1) is 17.3 Å². The van der Waals surface area contributed by atoms with Gasteiger partial charge < -0.3 is 5.32 Å². The number of thioether (sulfide) groups is 1. The molecule has 0 unspecified atom stereocenters. The average molecular weight is 466 g/mol. The Labute approximate surface area is 203 Å². The molecule has 2 aromatic carbocycles. The molecule has 1 amide bonds. The fourth-order valence-corrected chi connectivity index (χ4v) is 4.22. The highest BCUT2D eigenvalue weighted by Crippen LogP contribution is 2.24. The van der Waals surface area contributed by atoms with Crippen LogP contribution >= 0.6 is 11.8 Å². The molecular formula is C27H23N5OS. The fraction of sp³-hybridized carbons (Fsp3) is 0.111. The molecule has 168 valence electrons. The molecular weight excluding hydrogens is 442 g/mol. The van der Waals surface area contributed by atoms with Crippen LogP contribution in [-0.4, -0.2) is 33.0 Å². The minimum Gasteiger partial charge on any atom is -0.352 e. The number of nitrogens with one attached hydrogen (secondary N) is 1. The maximum Gasteiger partial charge on any atom is 0.244 e. The van der Waals surface area contributed by atoms with Crippen molar-refractivity contribution in [1.29, 1.82) is 5.26 Å². The van der Waals surface area contributed by atoms with Crippen molar-refractivity contribution in [2.75, 3.05) is 12.3 Å². The lowest BCUT2D eigenvalue weighted by atomic mass is 10.1. The molecule has 1 N–H and O–H groups in total. The van der Waals surface area contributed by atoms with E-state index in [4.69, 9.17) is 5.10 Å². The minimum absolute atomic E-state index is 0.164. The molecule has 6 nitrogen and oxygen atoms in total. The molecule has 0 bridgehead atoms. The summed E-state index contributed by atoms with van der Waals surface area (Å²) in [4.78, 5) is 16.6. The highest BCUT2D eigenvalue weighted by Gasteiger charge is 2.11. The van der Waals surface area contributed by atoms with Crippen LogP contribution in [-0.2, 0) is 10.5 Å². The van der Waals surface area contributed by atoms with E-state index in [-0.39, 0.29) is 5.91 Å². The first-order valence-electron chi connectivity index (χ1n) is 10.8. The summed E-state index contributed by atoms with van der Waals surface area (Å²) >= 11 is 1.68. The number of nitrogens with zero attached hydrogens (tertiary/aromatic N) is 4. The van der Waals surface area contributed by atoms with E-state index in [1.807, 2.05) is 72.9 Å². The Bertz CT molecular complexity index is 1310. The second-order valence-corrected chi connectivity index (χ2v) is 8.51. The quantitative estimate of drug-likeness (QED) is 0.282. The minimum atomic E-state index is -0.164. The topological polar surface area (TPSA) is 83.6 Å². The van der Waals surface area contributed by atoms with Crippen LogP contribution in [0.1, 0.15) is 16.7 Å². The standard InChI is InChI=1S/C27H23N5OS/c28-17-21-7-4-5-8-24(21)20-34-16-15-30-26(33)13-12-23-19-32(25-10-2-1-3-11-25)31-27(23)22-9-6-14-29-18-22/h1-14,18-19H,15-16,20H2,(H,30,33)/b13-12+. The van der Waals surface area contributed by atoms with Gasteiger partial charge in [0.2, 0.25) is 5.91 Å². The molecule has 2 aromatic heterocycles. The molecule has 0 spiro atoms. The monoisotopic (exact) mass is 465 g/mol. The van der Waals surface area contributed by atoms with Crippen molar-refractivity contribution in [1.82, 2.24) is 20.1 Å². The summed E-state index contributed by atoms with van der Waals surface area (Å²) in [5.41, 5.74) is 5.11. The first kappa shape index (κ1) is 23.0. The first-order chi connectivity index (χ1) is 16.7. The Morgan fingerprint density at radius 3 is 2.71 bits per heavy atom. The second kappa shape index (κ2) is 11.6. The molecule has 0 saturated carbocycles. The summed E-state index contributed by atoms with van der Waals surface area (Å²) in [5, 5.41) is 16.8.